The second kappa shape index (κ2) is 2.52. The Labute approximate surface area is 70.5 Å². The molecule has 0 aromatic carbocycles. The minimum atomic E-state index is 0.900. The van der Waals surface area contributed by atoms with Gasteiger partial charge >= 0.3 is 0 Å². The molecule has 0 amide bonds. The van der Waals surface area contributed by atoms with Gasteiger partial charge in [-0.3, -0.25) is 4.98 Å². The van der Waals surface area contributed by atoms with Crippen LogP contribution in [-0.2, 0) is 0 Å². The van der Waals surface area contributed by atoms with Gasteiger partial charge < -0.3 is 0 Å². The molecular weight excluding hydrogens is 150 g/mol. The van der Waals surface area contributed by atoms with Crippen molar-refractivity contribution in [2.24, 2.45) is 0 Å². The summed E-state index contributed by atoms with van der Waals surface area (Å²) in [6.45, 7) is 4.06. The Morgan fingerprint density at radius 2 is 2.08 bits per heavy atom. The van der Waals surface area contributed by atoms with Gasteiger partial charge in [-0.2, -0.15) is 5.10 Å². The number of aromatic nitrogens is 3. The van der Waals surface area contributed by atoms with Gasteiger partial charge in [0.15, 0.2) is 0 Å². The summed E-state index contributed by atoms with van der Waals surface area (Å²) in [6, 6.07) is 1.87. The van der Waals surface area contributed by atoms with E-state index in [0.717, 1.165) is 22.2 Å². The highest BCUT2D eigenvalue weighted by atomic mass is 15.1. The first-order valence-corrected chi connectivity index (χ1v) is 3.82. The third kappa shape index (κ3) is 0.942. The maximum atomic E-state index is 4.24. The molecule has 0 saturated heterocycles. The van der Waals surface area contributed by atoms with E-state index < -0.39 is 0 Å². The van der Waals surface area contributed by atoms with Gasteiger partial charge in [-0.05, 0) is 31.0 Å². The molecule has 60 valence electrons. The Morgan fingerprint density at radius 1 is 1.25 bits per heavy atom. The summed E-state index contributed by atoms with van der Waals surface area (Å²) in [6.07, 6.45) is 3.52. The van der Waals surface area contributed by atoms with E-state index in [1.807, 2.05) is 26.1 Å². The molecule has 3 heteroatoms. The predicted molar refractivity (Wildman–Crippen MR) is 46.8 cm³/mol. The molecule has 3 nitrogen and oxygen atoms in total. The molecule has 2 heterocycles. The summed E-state index contributed by atoms with van der Waals surface area (Å²) in [7, 11) is 0. The molecule has 12 heavy (non-hydrogen) atoms. The molecular formula is C9H9N3. The zero-order chi connectivity index (χ0) is 8.55. The molecule has 0 atom stereocenters. The number of fused-ring (bicyclic) bond motifs is 1. The van der Waals surface area contributed by atoms with E-state index in [4.69, 9.17) is 0 Å². The molecule has 0 aliphatic carbocycles. The number of nitrogens with zero attached hydrogens (tertiary/aromatic N) is 3. The molecule has 0 aliphatic rings. The molecule has 0 aliphatic heterocycles. The van der Waals surface area contributed by atoms with Gasteiger partial charge in [0.2, 0.25) is 0 Å². The summed E-state index contributed by atoms with van der Waals surface area (Å²) in [4.78, 5) is 4.24. The van der Waals surface area contributed by atoms with Gasteiger partial charge in [0, 0.05) is 6.20 Å². The first-order chi connectivity index (χ1) is 5.79. The molecule has 2 aromatic rings. The van der Waals surface area contributed by atoms with Crippen LogP contribution in [0.25, 0.3) is 11.0 Å². The minimum absolute atomic E-state index is 0.900. The van der Waals surface area contributed by atoms with Crippen molar-refractivity contribution in [3.05, 3.63) is 29.6 Å². The summed E-state index contributed by atoms with van der Waals surface area (Å²) >= 11 is 0. The van der Waals surface area contributed by atoms with Gasteiger partial charge in [-0.1, -0.05) is 0 Å². The molecule has 0 saturated carbocycles. The van der Waals surface area contributed by atoms with Crippen LogP contribution in [0.15, 0.2) is 18.5 Å². The van der Waals surface area contributed by atoms with E-state index in [1.165, 1.54) is 0 Å². The quantitative estimate of drug-likeness (QED) is 0.586. The summed E-state index contributed by atoms with van der Waals surface area (Å²) in [5.41, 5.74) is 4.13. The SMILES string of the molecule is Cc1cnc2ccnnc2c1C. The molecule has 2 rings (SSSR count). The van der Waals surface area contributed by atoms with Crippen molar-refractivity contribution in [2.75, 3.05) is 0 Å². The van der Waals surface area contributed by atoms with E-state index >= 15 is 0 Å². The van der Waals surface area contributed by atoms with Gasteiger partial charge in [-0.25, -0.2) is 0 Å². The molecule has 0 unspecified atom stereocenters. The first kappa shape index (κ1) is 7.16. The average Bonchev–Trinajstić information content (AvgIpc) is 2.12. The van der Waals surface area contributed by atoms with Crippen LogP contribution in [0.3, 0.4) is 0 Å². The van der Waals surface area contributed by atoms with Crippen molar-refractivity contribution in [3.8, 4) is 0 Å². The fourth-order valence-corrected chi connectivity index (χ4v) is 1.15. The minimum Gasteiger partial charge on any atom is -0.254 e. The number of hydrogen-bond acceptors (Lipinski definition) is 3. The monoisotopic (exact) mass is 159 g/mol. The normalized spacial score (nSPS) is 10.5. The van der Waals surface area contributed by atoms with Gasteiger partial charge in [0.05, 0.1) is 11.7 Å². The average molecular weight is 159 g/mol. The molecule has 0 spiro atoms. The third-order valence-corrected chi connectivity index (χ3v) is 2.04. The van der Waals surface area contributed by atoms with Crippen molar-refractivity contribution >= 4 is 11.0 Å². The lowest BCUT2D eigenvalue weighted by molar-refractivity contribution is 1.06. The van der Waals surface area contributed by atoms with Crippen molar-refractivity contribution in [2.45, 2.75) is 13.8 Å². The van der Waals surface area contributed by atoms with Crippen LogP contribution in [0.1, 0.15) is 11.1 Å². The van der Waals surface area contributed by atoms with Crippen molar-refractivity contribution in [3.63, 3.8) is 0 Å². The standard InChI is InChI=1S/C9H9N3/c1-6-5-10-8-3-4-11-12-9(8)7(6)2/h3-5H,1-2H3. The van der Waals surface area contributed by atoms with Gasteiger partial charge in [0.1, 0.15) is 5.52 Å². The van der Waals surface area contributed by atoms with Crippen molar-refractivity contribution in [1.82, 2.24) is 15.2 Å². The predicted octanol–water partition coefficient (Wildman–Crippen LogP) is 1.64. The van der Waals surface area contributed by atoms with Crippen molar-refractivity contribution < 1.29 is 0 Å². The zero-order valence-electron chi connectivity index (χ0n) is 7.07. The molecule has 2 aromatic heterocycles. The van der Waals surface area contributed by atoms with Crippen LogP contribution < -0.4 is 0 Å². The Bertz CT molecular complexity index is 423. The van der Waals surface area contributed by atoms with Crippen LogP contribution in [0.2, 0.25) is 0 Å². The van der Waals surface area contributed by atoms with Crippen LogP contribution in [0.4, 0.5) is 0 Å². The third-order valence-electron chi connectivity index (χ3n) is 2.04. The highest BCUT2D eigenvalue weighted by molar-refractivity contribution is 5.77. The van der Waals surface area contributed by atoms with E-state index in [2.05, 4.69) is 15.2 Å². The summed E-state index contributed by atoms with van der Waals surface area (Å²) in [5.74, 6) is 0. The maximum Gasteiger partial charge on any atom is 0.115 e. The first-order valence-electron chi connectivity index (χ1n) is 3.82. The van der Waals surface area contributed by atoms with Gasteiger partial charge in [-0.15, -0.1) is 5.10 Å². The number of aryl methyl sites for hydroxylation is 2. The van der Waals surface area contributed by atoms with E-state index in [1.54, 1.807) is 6.20 Å². The fourth-order valence-electron chi connectivity index (χ4n) is 1.15. The van der Waals surface area contributed by atoms with E-state index in [0.29, 0.717) is 0 Å². The molecule has 0 fully saturated rings. The fraction of sp³-hybridized carbons (Fsp3) is 0.222. The Hall–Kier alpha value is -1.51. The highest BCUT2D eigenvalue weighted by Crippen LogP contribution is 2.14. The smallest absolute Gasteiger partial charge is 0.115 e. The Balaban J connectivity index is 2.91. The lowest BCUT2D eigenvalue weighted by Crippen LogP contribution is -1.91. The molecule has 0 N–H and O–H groups in total. The maximum absolute atomic E-state index is 4.24. The zero-order valence-corrected chi connectivity index (χ0v) is 7.07. The lowest BCUT2D eigenvalue weighted by atomic mass is 10.1. The van der Waals surface area contributed by atoms with Crippen LogP contribution in [-0.4, -0.2) is 15.2 Å². The highest BCUT2D eigenvalue weighted by Gasteiger charge is 2.01. The number of rotatable bonds is 0. The molecule has 0 bridgehead atoms. The van der Waals surface area contributed by atoms with Crippen LogP contribution in [0, 0.1) is 13.8 Å². The summed E-state index contributed by atoms with van der Waals surface area (Å²) < 4.78 is 0. The van der Waals surface area contributed by atoms with E-state index in [9.17, 15) is 0 Å². The molecule has 0 radical (unpaired) electrons. The second-order valence-corrected chi connectivity index (χ2v) is 2.83. The lowest BCUT2D eigenvalue weighted by Gasteiger charge is -2.01. The summed E-state index contributed by atoms with van der Waals surface area (Å²) in [5, 5.41) is 7.85. The number of pyridine rings is 1. The topological polar surface area (TPSA) is 38.7 Å². The Morgan fingerprint density at radius 3 is 2.92 bits per heavy atom. The number of hydrogen-bond donors (Lipinski definition) is 0. The van der Waals surface area contributed by atoms with Crippen molar-refractivity contribution in [1.29, 1.82) is 0 Å². The van der Waals surface area contributed by atoms with Gasteiger partial charge in [0.25, 0.3) is 0 Å². The van der Waals surface area contributed by atoms with Crippen LogP contribution >= 0.6 is 0 Å². The largest absolute Gasteiger partial charge is 0.254 e. The van der Waals surface area contributed by atoms with Crippen LogP contribution in [0.5, 0.6) is 0 Å². The Kier molecular flexibility index (Phi) is 1.50. The second-order valence-electron chi connectivity index (χ2n) is 2.83. The van der Waals surface area contributed by atoms with E-state index in [-0.39, 0.29) is 0 Å².